The van der Waals surface area contributed by atoms with E-state index >= 15 is 0 Å². The summed E-state index contributed by atoms with van der Waals surface area (Å²) in [5.74, 6) is 5.03. The highest BCUT2D eigenvalue weighted by Crippen LogP contribution is 2.54. The summed E-state index contributed by atoms with van der Waals surface area (Å²) in [6.45, 7) is 20.5. The molecule has 14 heteroatoms. The van der Waals surface area contributed by atoms with E-state index in [2.05, 4.69) is 92.6 Å². The number of hydrogen-bond acceptors (Lipinski definition) is 13. The summed E-state index contributed by atoms with van der Waals surface area (Å²) in [6.07, 6.45) is 11.2. The second kappa shape index (κ2) is 25.7. The van der Waals surface area contributed by atoms with Gasteiger partial charge in [0, 0.05) is 86.7 Å². The zero-order chi connectivity index (χ0) is 53.7. The van der Waals surface area contributed by atoms with Gasteiger partial charge < -0.3 is 49.2 Å². The molecule has 0 bridgehead atoms. The zero-order valence-corrected chi connectivity index (χ0v) is 46.9. The molecule has 0 aromatic heterocycles. The fourth-order valence-electron chi connectivity index (χ4n) is 14.0. The summed E-state index contributed by atoms with van der Waals surface area (Å²) in [6, 6.07) is 13.6. The van der Waals surface area contributed by atoms with Gasteiger partial charge in [-0.2, -0.15) is 0 Å². The number of aliphatic hydroxyl groups is 5. The lowest BCUT2D eigenvalue weighted by atomic mass is 9.79. The second-order valence-corrected chi connectivity index (χ2v) is 24.3. The van der Waals surface area contributed by atoms with E-state index in [1.807, 2.05) is 0 Å². The molecule has 13 nitrogen and oxygen atoms in total. The van der Waals surface area contributed by atoms with Crippen molar-refractivity contribution >= 4 is 7.85 Å². The van der Waals surface area contributed by atoms with Crippen molar-refractivity contribution in [3.05, 3.63) is 86.5 Å². The van der Waals surface area contributed by atoms with Gasteiger partial charge in [0.25, 0.3) is 0 Å². The Morgan fingerprint density at radius 3 is 1.35 bits per heavy atom. The van der Waals surface area contributed by atoms with E-state index in [0.29, 0.717) is 41.7 Å². The molecule has 8 heterocycles. The van der Waals surface area contributed by atoms with Crippen molar-refractivity contribution in [3.63, 3.8) is 0 Å². The molecule has 0 amide bonds. The van der Waals surface area contributed by atoms with Crippen LogP contribution in [-0.2, 0) is 48.6 Å². The molecule has 414 valence electrons. The number of piperidine rings is 3. The highest BCUT2D eigenvalue weighted by atomic mass is 16.6. The standard InChI is InChI=1S/C19H27NO3.2C19H29NO3.C4H7BO/c1-12(2)9-19-11-20-5-4-13-7-17(22-3)14(10-21)6-15(13)16(20)8-18(19)23-19;2*1-12(2)6-14-10-20-5-4-13-8-19(23-3)15(11-21)7-16(13)17(20)9-18(14)22;5-4-2-1-3-6-4/h6-7,12,16,18,21H,4-5,8-11H2,1-3H3;2*7-8,12,14,17-18,21-22H,4-6,9-11H2,1-3H3;4H,1-3H2/t16-,18?,19?;2*14-,17+,18+;/m110./s1. The van der Waals surface area contributed by atoms with Gasteiger partial charge in [0.2, 0.25) is 0 Å². The molecule has 75 heavy (non-hydrogen) atoms. The molecule has 0 saturated carbocycles. The molecule has 3 unspecified atom stereocenters. The van der Waals surface area contributed by atoms with Gasteiger partial charge in [-0.25, -0.2) is 0 Å². The predicted octanol–water partition coefficient (Wildman–Crippen LogP) is 7.99. The Balaban J connectivity index is 0.000000141. The van der Waals surface area contributed by atoms with Gasteiger partial charge in [-0.15, -0.1) is 0 Å². The number of epoxide rings is 1. The normalized spacial score (nSPS) is 29.6. The van der Waals surface area contributed by atoms with E-state index in [9.17, 15) is 25.5 Å². The number of fused-ring (bicyclic) bond motifs is 10. The Morgan fingerprint density at radius 1 is 0.600 bits per heavy atom. The topological polar surface area (TPSA) is 160 Å². The lowest BCUT2D eigenvalue weighted by Crippen LogP contribution is -2.48. The van der Waals surface area contributed by atoms with E-state index in [1.54, 1.807) is 21.3 Å². The number of benzene rings is 3. The number of nitrogens with zero attached hydrogens (tertiary/aromatic N) is 3. The van der Waals surface area contributed by atoms with Crippen LogP contribution in [0.25, 0.3) is 0 Å². The van der Waals surface area contributed by atoms with Crippen LogP contribution in [0, 0.1) is 29.6 Å². The fourth-order valence-corrected chi connectivity index (χ4v) is 14.0. The van der Waals surface area contributed by atoms with Gasteiger partial charge in [-0.1, -0.05) is 41.5 Å². The van der Waals surface area contributed by atoms with Crippen LogP contribution >= 0.6 is 0 Å². The van der Waals surface area contributed by atoms with E-state index < -0.39 is 0 Å². The van der Waals surface area contributed by atoms with E-state index in [1.165, 1.54) is 33.4 Å². The SMILES string of the molecule is COc1cc2c(cc1CO)[C@@H]1C[C@H](O)[C@H](CC(C)C)CN1CC2.COc1cc2c(cc1CO)[C@H]1CC3OC3(CC(C)C)CN1CC2.COc1cc2c(cc1CO)[C@H]1C[C@@H](O)[C@@H](CC(C)C)CN1CC2.[B]C1CCCO1. The first-order valence-corrected chi connectivity index (χ1v) is 28.6. The van der Waals surface area contributed by atoms with Crippen LogP contribution in [0.15, 0.2) is 36.4 Å². The lowest BCUT2D eigenvalue weighted by molar-refractivity contribution is -0.0192. The third-order valence-electron chi connectivity index (χ3n) is 17.6. The fraction of sp³-hybridized carbons (Fsp3) is 0.705. The summed E-state index contributed by atoms with van der Waals surface area (Å²) in [5, 5.41) is 50.0. The molecule has 8 aliphatic heterocycles. The maximum Gasteiger partial charge on any atom is 0.124 e. The molecule has 5 N–H and O–H groups in total. The van der Waals surface area contributed by atoms with Crippen LogP contribution in [0.3, 0.4) is 0 Å². The van der Waals surface area contributed by atoms with E-state index in [4.69, 9.17) is 31.5 Å². The summed E-state index contributed by atoms with van der Waals surface area (Å²) >= 11 is 0. The number of ether oxygens (including phenoxy) is 5. The summed E-state index contributed by atoms with van der Waals surface area (Å²) in [7, 11) is 10.3. The summed E-state index contributed by atoms with van der Waals surface area (Å²) in [4.78, 5) is 7.65. The highest BCUT2D eigenvalue weighted by Gasteiger charge is 2.61. The van der Waals surface area contributed by atoms with Gasteiger partial charge in [0.1, 0.15) is 30.7 Å². The monoisotopic (exact) mass is 1040 g/mol. The third kappa shape index (κ3) is 13.4. The molecule has 0 spiro atoms. The molecule has 3 aromatic rings. The first-order valence-electron chi connectivity index (χ1n) is 28.6. The van der Waals surface area contributed by atoms with Crippen molar-refractivity contribution in [1.82, 2.24) is 14.7 Å². The largest absolute Gasteiger partial charge is 0.496 e. The summed E-state index contributed by atoms with van der Waals surface area (Å²) < 4.78 is 27.3. The van der Waals surface area contributed by atoms with Crippen molar-refractivity contribution in [1.29, 1.82) is 0 Å². The van der Waals surface area contributed by atoms with Crippen LogP contribution in [0.2, 0.25) is 0 Å². The Labute approximate surface area is 450 Å². The van der Waals surface area contributed by atoms with Gasteiger partial charge in [0.15, 0.2) is 0 Å². The van der Waals surface area contributed by atoms with Crippen LogP contribution in [0.4, 0.5) is 0 Å². The Bertz CT molecular complexity index is 2170. The molecule has 0 aliphatic carbocycles. The van der Waals surface area contributed by atoms with Crippen LogP contribution < -0.4 is 14.2 Å². The van der Waals surface area contributed by atoms with Crippen molar-refractivity contribution in [2.75, 3.05) is 67.2 Å². The first kappa shape index (κ1) is 57.9. The predicted molar refractivity (Wildman–Crippen MR) is 294 cm³/mol. The highest BCUT2D eigenvalue weighted by molar-refractivity contribution is 6.11. The average molecular weight is 1040 g/mol. The van der Waals surface area contributed by atoms with Crippen molar-refractivity contribution in [3.8, 4) is 17.2 Å². The number of methoxy groups -OCH3 is 3. The van der Waals surface area contributed by atoms with Crippen LogP contribution in [0.1, 0.15) is 161 Å². The Hall–Kier alpha value is -3.28. The van der Waals surface area contributed by atoms with Crippen molar-refractivity contribution in [2.45, 2.75) is 180 Å². The number of hydrogen-bond donors (Lipinski definition) is 5. The zero-order valence-electron chi connectivity index (χ0n) is 46.9. The Morgan fingerprint density at radius 2 is 1.01 bits per heavy atom. The summed E-state index contributed by atoms with van der Waals surface area (Å²) in [5.41, 5.74) is 10.6. The van der Waals surface area contributed by atoms with Gasteiger partial charge in [-0.3, -0.25) is 14.7 Å². The Kier molecular flexibility index (Phi) is 19.8. The van der Waals surface area contributed by atoms with Crippen molar-refractivity contribution < 1.29 is 49.2 Å². The molecule has 11 rings (SSSR count). The quantitative estimate of drug-likeness (QED) is 0.0879. The van der Waals surface area contributed by atoms with E-state index in [0.717, 1.165) is 150 Å². The van der Waals surface area contributed by atoms with Crippen LogP contribution in [-0.4, -0.2) is 145 Å². The molecule has 2 radical (unpaired) electrons. The molecule has 5 fully saturated rings. The second-order valence-electron chi connectivity index (χ2n) is 24.3. The first-order chi connectivity index (χ1) is 36.0. The molecule has 8 aliphatic rings. The van der Waals surface area contributed by atoms with E-state index in [-0.39, 0.29) is 55.7 Å². The van der Waals surface area contributed by atoms with Gasteiger partial charge in [0.05, 0.1) is 59.5 Å². The third-order valence-corrected chi connectivity index (χ3v) is 17.6. The number of aliphatic hydroxyl groups excluding tert-OH is 5. The minimum Gasteiger partial charge on any atom is -0.496 e. The minimum atomic E-state index is -0.232. The average Bonchev–Trinajstić information content (AvgIpc) is 3.87. The molecule has 5 saturated heterocycles. The number of rotatable bonds is 12. The molecule has 3 aromatic carbocycles. The molecule has 10 atom stereocenters. The van der Waals surface area contributed by atoms with Gasteiger partial charge in [-0.05, 0) is 170 Å². The molecular weight excluding hydrogens is 945 g/mol. The molecular formula is C61H92BN3O10. The maximum atomic E-state index is 10.6. The lowest BCUT2D eigenvalue weighted by Gasteiger charge is -2.46. The van der Waals surface area contributed by atoms with Crippen molar-refractivity contribution in [2.24, 2.45) is 29.6 Å². The maximum absolute atomic E-state index is 10.6. The van der Waals surface area contributed by atoms with Gasteiger partial charge >= 0.3 is 0 Å². The van der Waals surface area contributed by atoms with Crippen LogP contribution in [0.5, 0.6) is 17.2 Å². The minimum absolute atomic E-state index is 0.0122. The smallest absolute Gasteiger partial charge is 0.124 e.